The van der Waals surface area contributed by atoms with E-state index in [9.17, 15) is 15.3 Å². The highest BCUT2D eigenvalue weighted by molar-refractivity contribution is 9.10. The van der Waals surface area contributed by atoms with E-state index in [1.165, 1.54) is 0 Å². The summed E-state index contributed by atoms with van der Waals surface area (Å²) in [6.07, 6.45) is -5.18. The molecule has 1 aromatic heterocycles. The van der Waals surface area contributed by atoms with Crippen LogP contribution in [0.5, 0.6) is 5.88 Å². The number of fused-ring (bicyclic) bond motifs is 1. The van der Waals surface area contributed by atoms with Crippen LogP contribution >= 0.6 is 27.8 Å². The first-order chi connectivity index (χ1) is 11.0. The molecule has 7 nitrogen and oxygen atoms in total. The lowest BCUT2D eigenvalue weighted by Gasteiger charge is -2.45. The van der Waals surface area contributed by atoms with E-state index in [1.54, 1.807) is 6.07 Å². The monoisotopic (exact) mass is 407 g/mol. The lowest BCUT2D eigenvalue weighted by atomic mass is 9.99. The molecule has 4 N–H and O–H groups in total. The summed E-state index contributed by atoms with van der Waals surface area (Å²) >= 11 is 8.63. The van der Waals surface area contributed by atoms with Crippen LogP contribution in [0.4, 0.5) is 0 Å². The third-order valence-corrected chi connectivity index (χ3v) is 4.83. The summed E-state index contributed by atoms with van der Waals surface area (Å²) in [5, 5.41) is 30.4. The number of aromatic amines is 1. The van der Waals surface area contributed by atoms with Gasteiger partial charge in [-0.3, -0.25) is 4.29 Å². The van der Waals surface area contributed by atoms with Crippen LogP contribution in [0.15, 0.2) is 30.3 Å². The number of rotatable bonds is 4. The van der Waals surface area contributed by atoms with Crippen molar-refractivity contribution in [1.82, 2.24) is 4.98 Å². The highest BCUT2D eigenvalue weighted by Crippen LogP contribution is 2.38. The number of halogens is 2. The van der Waals surface area contributed by atoms with Gasteiger partial charge in [-0.25, -0.2) is 0 Å². The third-order valence-electron chi connectivity index (χ3n) is 3.75. The van der Waals surface area contributed by atoms with Crippen LogP contribution in [0, 0.1) is 0 Å². The predicted molar refractivity (Wildman–Crippen MR) is 85.3 cm³/mol. The minimum Gasteiger partial charge on any atom is -0.470 e. The van der Waals surface area contributed by atoms with Gasteiger partial charge >= 0.3 is 0 Å². The van der Waals surface area contributed by atoms with Crippen LogP contribution in [-0.2, 0) is 9.03 Å². The maximum atomic E-state index is 10.1. The fourth-order valence-corrected chi connectivity index (χ4v) is 3.46. The summed E-state index contributed by atoms with van der Waals surface area (Å²) in [5.41, 5.74) is 0.847. The predicted octanol–water partition coefficient (Wildman–Crippen LogP) is 1.25. The highest BCUT2D eigenvalue weighted by Gasteiger charge is 2.55. The van der Waals surface area contributed by atoms with Gasteiger partial charge in [0, 0.05) is 17.0 Å². The average molecular weight is 409 g/mol. The normalized spacial score (nSPS) is 34.7. The van der Waals surface area contributed by atoms with E-state index in [0.717, 1.165) is 10.9 Å². The molecule has 0 unspecified atom stereocenters. The Hall–Kier alpha value is -0.870. The Morgan fingerprint density at radius 2 is 2.09 bits per heavy atom. The quantitative estimate of drug-likeness (QED) is 0.568. The molecule has 0 radical (unpaired) electrons. The van der Waals surface area contributed by atoms with Gasteiger partial charge in [-0.05, 0) is 22.0 Å². The van der Waals surface area contributed by atoms with E-state index in [4.69, 9.17) is 25.6 Å². The Labute approximate surface area is 145 Å². The van der Waals surface area contributed by atoms with Crippen molar-refractivity contribution in [3.05, 3.63) is 30.3 Å². The molecule has 0 saturated carbocycles. The Kier molecular flexibility index (Phi) is 4.84. The fourth-order valence-electron chi connectivity index (χ4n) is 2.56. The van der Waals surface area contributed by atoms with E-state index < -0.39 is 35.7 Å². The first-order valence-electron chi connectivity index (χ1n) is 6.84. The molecular formula is C14H15BrClNO6. The number of para-hydroxylation sites is 1. The standard InChI is InChI=1S/C14H15BrClNO6/c15-14(6-18)12(23-16)11(10(19)13(20)22-14)21-9-5-7-3-1-2-4-8(7)17-9/h1-5,10-13,17-20H,6H2/t10-,11-,12+,13+,14-/m1/s1. The van der Waals surface area contributed by atoms with Crippen molar-refractivity contribution in [2.75, 3.05) is 6.61 Å². The van der Waals surface area contributed by atoms with Gasteiger partial charge < -0.3 is 29.8 Å². The number of ether oxygens (including phenoxy) is 2. The average Bonchev–Trinajstić information content (AvgIpc) is 2.95. The molecule has 0 aliphatic carbocycles. The van der Waals surface area contributed by atoms with Crippen LogP contribution in [0.2, 0.25) is 0 Å². The summed E-state index contributed by atoms with van der Waals surface area (Å²) in [4.78, 5) is 3.04. The molecule has 3 rings (SSSR count). The zero-order valence-corrected chi connectivity index (χ0v) is 14.1. The number of nitrogens with one attached hydrogen (secondary N) is 1. The molecule has 1 aliphatic heterocycles. The summed E-state index contributed by atoms with van der Waals surface area (Å²) in [5.74, 6) is 0.357. The number of H-pyrrole nitrogens is 1. The van der Waals surface area contributed by atoms with E-state index in [2.05, 4.69) is 20.9 Å². The molecule has 9 heteroatoms. The molecule has 23 heavy (non-hydrogen) atoms. The first kappa shape index (κ1) is 17.0. The van der Waals surface area contributed by atoms with Crippen LogP contribution < -0.4 is 4.74 Å². The minimum atomic E-state index is -1.58. The van der Waals surface area contributed by atoms with E-state index in [0.29, 0.717) is 5.88 Å². The van der Waals surface area contributed by atoms with Crippen molar-refractivity contribution in [2.45, 2.75) is 29.1 Å². The van der Waals surface area contributed by atoms with Crippen molar-refractivity contribution in [1.29, 1.82) is 0 Å². The number of aromatic nitrogens is 1. The van der Waals surface area contributed by atoms with Crippen LogP contribution in [-0.4, -0.2) is 56.0 Å². The molecule has 0 bridgehead atoms. The van der Waals surface area contributed by atoms with Gasteiger partial charge in [0.2, 0.25) is 0 Å². The van der Waals surface area contributed by atoms with Crippen molar-refractivity contribution >= 4 is 38.7 Å². The largest absolute Gasteiger partial charge is 0.470 e. The van der Waals surface area contributed by atoms with E-state index >= 15 is 0 Å². The van der Waals surface area contributed by atoms with Gasteiger partial charge in [-0.1, -0.05) is 18.2 Å². The Balaban J connectivity index is 1.91. The zero-order valence-electron chi connectivity index (χ0n) is 11.7. The highest BCUT2D eigenvalue weighted by atomic mass is 79.9. The lowest BCUT2D eigenvalue weighted by Crippen LogP contribution is -2.65. The molecule has 0 amide bonds. The van der Waals surface area contributed by atoms with Gasteiger partial charge in [0.05, 0.1) is 18.5 Å². The smallest absolute Gasteiger partial charge is 0.192 e. The summed E-state index contributed by atoms with van der Waals surface area (Å²) < 4.78 is 14.2. The van der Waals surface area contributed by atoms with E-state index in [1.807, 2.05) is 24.3 Å². The Morgan fingerprint density at radius 3 is 2.74 bits per heavy atom. The van der Waals surface area contributed by atoms with Crippen LogP contribution in [0.25, 0.3) is 10.9 Å². The summed E-state index contributed by atoms with van der Waals surface area (Å²) in [6, 6.07) is 9.26. The molecule has 5 atom stereocenters. The molecule has 1 saturated heterocycles. The second kappa shape index (κ2) is 6.56. The maximum absolute atomic E-state index is 10.1. The number of aliphatic hydroxyl groups is 3. The number of alkyl halides is 1. The topological polar surface area (TPSA) is 104 Å². The van der Waals surface area contributed by atoms with Gasteiger partial charge in [-0.15, -0.1) is 0 Å². The Morgan fingerprint density at radius 1 is 1.35 bits per heavy atom. The van der Waals surface area contributed by atoms with Crippen molar-refractivity contribution < 1.29 is 29.1 Å². The fraction of sp³-hybridized carbons (Fsp3) is 0.429. The second-order valence-corrected chi connectivity index (χ2v) is 6.78. The van der Waals surface area contributed by atoms with Gasteiger partial charge in [0.1, 0.15) is 6.10 Å². The van der Waals surface area contributed by atoms with Crippen LogP contribution in [0.1, 0.15) is 0 Å². The zero-order chi connectivity index (χ0) is 16.6. The summed E-state index contributed by atoms with van der Waals surface area (Å²) in [7, 11) is 0. The lowest BCUT2D eigenvalue weighted by molar-refractivity contribution is -0.287. The minimum absolute atomic E-state index is 0.357. The molecule has 0 spiro atoms. The molecule has 126 valence electrons. The molecule has 2 aromatic rings. The SMILES string of the molecule is OC[C@@]1(Br)O[C@H](O)[C@H](O)[C@@H](Oc2cc3ccccc3[nH]2)[C@@H]1OCl. The third kappa shape index (κ3) is 3.08. The van der Waals surface area contributed by atoms with Crippen LogP contribution in [0.3, 0.4) is 0 Å². The maximum Gasteiger partial charge on any atom is 0.192 e. The molecule has 1 fully saturated rings. The van der Waals surface area contributed by atoms with Crippen molar-refractivity contribution in [3.63, 3.8) is 0 Å². The number of hydrogen-bond acceptors (Lipinski definition) is 6. The second-order valence-electron chi connectivity index (χ2n) is 5.26. The number of aliphatic hydroxyl groups excluding tert-OH is 3. The molecule has 1 aliphatic rings. The molecular weight excluding hydrogens is 394 g/mol. The Bertz CT molecular complexity index is 651. The molecule has 2 heterocycles. The van der Waals surface area contributed by atoms with Gasteiger partial charge in [0.25, 0.3) is 0 Å². The number of benzene rings is 1. The van der Waals surface area contributed by atoms with Gasteiger partial charge in [-0.2, -0.15) is 0 Å². The van der Waals surface area contributed by atoms with Crippen molar-refractivity contribution in [2.24, 2.45) is 0 Å². The van der Waals surface area contributed by atoms with Gasteiger partial charge in [0.15, 0.2) is 28.9 Å². The molecule has 1 aromatic carbocycles. The first-order valence-corrected chi connectivity index (χ1v) is 7.94. The summed E-state index contributed by atoms with van der Waals surface area (Å²) in [6.45, 7) is -0.555. The van der Waals surface area contributed by atoms with E-state index in [-0.39, 0.29) is 0 Å². The van der Waals surface area contributed by atoms with Crippen molar-refractivity contribution in [3.8, 4) is 5.88 Å². The number of hydrogen-bond donors (Lipinski definition) is 4.